The minimum atomic E-state index is 1.01. The molecule has 0 spiro atoms. The molecular weight excluding hydrogens is 168 g/mol. The average molecular weight is 184 g/mol. The lowest BCUT2D eigenvalue weighted by molar-refractivity contribution is 1.00. The Labute approximate surface area is 86.3 Å². The van der Waals surface area contributed by atoms with Crippen molar-refractivity contribution in [3.63, 3.8) is 0 Å². The summed E-state index contributed by atoms with van der Waals surface area (Å²) in [4.78, 5) is 0. The summed E-state index contributed by atoms with van der Waals surface area (Å²) in [6, 6.07) is 6.33. The van der Waals surface area contributed by atoms with E-state index >= 15 is 0 Å². The van der Waals surface area contributed by atoms with E-state index in [2.05, 4.69) is 37.9 Å². The summed E-state index contributed by atoms with van der Waals surface area (Å²) in [6.45, 7) is 11.3. The Kier molecular flexibility index (Phi) is 3.93. The summed E-state index contributed by atoms with van der Waals surface area (Å²) in [5, 5.41) is 0. The maximum atomic E-state index is 3.81. The van der Waals surface area contributed by atoms with Crippen LogP contribution in [0.25, 0.3) is 12.2 Å². The first-order valence-electron chi connectivity index (χ1n) is 4.80. The van der Waals surface area contributed by atoms with E-state index in [4.69, 9.17) is 0 Å². The van der Waals surface area contributed by atoms with Gasteiger partial charge in [0.2, 0.25) is 0 Å². The largest absolute Gasteiger partial charge is 0.103 e. The van der Waals surface area contributed by atoms with Crippen LogP contribution in [0.15, 0.2) is 44.0 Å². The first-order valence-corrected chi connectivity index (χ1v) is 4.80. The number of benzene rings is 1. The zero-order valence-corrected chi connectivity index (χ0v) is 8.50. The molecule has 1 aromatic carbocycles. The van der Waals surface area contributed by atoms with Gasteiger partial charge in [-0.15, -0.1) is 6.58 Å². The molecule has 0 aliphatic carbocycles. The summed E-state index contributed by atoms with van der Waals surface area (Å²) in [6.07, 6.45) is 7.72. The van der Waals surface area contributed by atoms with Crippen molar-refractivity contribution in [2.75, 3.05) is 0 Å². The van der Waals surface area contributed by atoms with Crippen LogP contribution in [0, 0.1) is 0 Å². The van der Waals surface area contributed by atoms with Gasteiger partial charge in [0.15, 0.2) is 0 Å². The Morgan fingerprint density at radius 3 is 2.43 bits per heavy atom. The zero-order valence-electron chi connectivity index (χ0n) is 8.50. The van der Waals surface area contributed by atoms with Crippen LogP contribution in [0.5, 0.6) is 0 Å². The van der Waals surface area contributed by atoms with Crippen LogP contribution in [0.1, 0.15) is 23.1 Å². The number of rotatable bonds is 5. The molecule has 1 aromatic rings. The second kappa shape index (κ2) is 5.23. The molecule has 0 fully saturated rings. The van der Waals surface area contributed by atoms with E-state index in [1.54, 1.807) is 0 Å². The molecule has 0 atom stereocenters. The molecule has 0 bridgehead atoms. The SMILES string of the molecule is C=CCCc1ccc(C=C)cc1C=C. The van der Waals surface area contributed by atoms with Crippen molar-refractivity contribution in [1.82, 2.24) is 0 Å². The molecule has 0 aromatic heterocycles. The fourth-order valence-corrected chi connectivity index (χ4v) is 1.42. The first-order chi connectivity index (χ1) is 6.81. The zero-order chi connectivity index (χ0) is 10.4. The fourth-order valence-electron chi connectivity index (χ4n) is 1.42. The van der Waals surface area contributed by atoms with E-state index in [-0.39, 0.29) is 0 Å². The lowest BCUT2D eigenvalue weighted by atomic mass is 10.00. The van der Waals surface area contributed by atoms with E-state index in [9.17, 15) is 0 Å². The molecule has 0 N–H and O–H groups in total. The Balaban J connectivity index is 2.98. The summed E-state index contributed by atoms with van der Waals surface area (Å²) in [5.41, 5.74) is 3.66. The van der Waals surface area contributed by atoms with Gasteiger partial charge in [0, 0.05) is 0 Å². The molecule has 0 unspecified atom stereocenters. The van der Waals surface area contributed by atoms with Crippen LogP contribution in [-0.2, 0) is 6.42 Å². The molecule has 0 heterocycles. The van der Waals surface area contributed by atoms with E-state index in [0.29, 0.717) is 0 Å². The summed E-state index contributed by atoms with van der Waals surface area (Å²) >= 11 is 0. The molecule has 0 aliphatic rings. The van der Waals surface area contributed by atoms with Crippen molar-refractivity contribution in [2.45, 2.75) is 12.8 Å². The third-order valence-corrected chi connectivity index (χ3v) is 2.24. The molecule has 0 heteroatoms. The molecule has 0 aliphatic heterocycles. The quantitative estimate of drug-likeness (QED) is 0.604. The van der Waals surface area contributed by atoms with E-state index < -0.39 is 0 Å². The highest BCUT2D eigenvalue weighted by Gasteiger charge is 1.98. The van der Waals surface area contributed by atoms with Crippen molar-refractivity contribution in [1.29, 1.82) is 0 Å². The molecule has 14 heavy (non-hydrogen) atoms. The van der Waals surface area contributed by atoms with Crippen molar-refractivity contribution in [3.8, 4) is 0 Å². The van der Waals surface area contributed by atoms with Gasteiger partial charge in [0.25, 0.3) is 0 Å². The minimum absolute atomic E-state index is 1.01. The number of hydrogen-bond donors (Lipinski definition) is 0. The molecule has 0 amide bonds. The van der Waals surface area contributed by atoms with Gasteiger partial charge in [-0.2, -0.15) is 0 Å². The van der Waals surface area contributed by atoms with E-state index in [1.165, 1.54) is 11.1 Å². The normalized spacial score (nSPS) is 9.43. The minimum Gasteiger partial charge on any atom is -0.103 e. The van der Waals surface area contributed by atoms with Crippen LogP contribution < -0.4 is 0 Å². The van der Waals surface area contributed by atoms with Crippen molar-refractivity contribution >= 4 is 12.2 Å². The fraction of sp³-hybridized carbons (Fsp3) is 0.143. The van der Waals surface area contributed by atoms with Gasteiger partial charge in [0.1, 0.15) is 0 Å². The molecule has 1 rings (SSSR count). The van der Waals surface area contributed by atoms with E-state index in [0.717, 1.165) is 18.4 Å². The highest BCUT2D eigenvalue weighted by atomic mass is 14.0. The van der Waals surface area contributed by atoms with Crippen molar-refractivity contribution in [3.05, 3.63) is 60.7 Å². The Morgan fingerprint density at radius 2 is 1.86 bits per heavy atom. The molecular formula is C14H16. The Hall–Kier alpha value is -1.56. The summed E-state index contributed by atoms with van der Waals surface area (Å²) in [5.74, 6) is 0. The standard InChI is InChI=1S/C14H16/c1-4-7-8-14-10-9-12(5-2)11-13(14)6-3/h4-6,9-11H,1-3,7-8H2. The van der Waals surface area contributed by atoms with Crippen LogP contribution in [0.2, 0.25) is 0 Å². The van der Waals surface area contributed by atoms with Crippen LogP contribution >= 0.6 is 0 Å². The second-order valence-corrected chi connectivity index (χ2v) is 3.19. The Bertz CT molecular complexity index is 345. The number of allylic oxidation sites excluding steroid dienone is 1. The molecule has 0 saturated heterocycles. The van der Waals surface area contributed by atoms with Gasteiger partial charge in [-0.05, 0) is 35.6 Å². The van der Waals surface area contributed by atoms with Gasteiger partial charge in [-0.3, -0.25) is 0 Å². The number of aryl methyl sites for hydroxylation is 1. The number of hydrogen-bond acceptors (Lipinski definition) is 0. The smallest absolute Gasteiger partial charge is 0.0224 e. The topological polar surface area (TPSA) is 0 Å². The third-order valence-electron chi connectivity index (χ3n) is 2.24. The van der Waals surface area contributed by atoms with Gasteiger partial charge in [0.05, 0.1) is 0 Å². The second-order valence-electron chi connectivity index (χ2n) is 3.19. The average Bonchev–Trinajstić information content (AvgIpc) is 2.26. The van der Waals surface area contributed by atoms with Gasteiger partial charge < -0.3 is 0 Å². The van der Waals surface area contributed by atoms with Crippen LogP contribution in [-0.4, -0.2) is 0 Å². The van der Waals surface area contributed by atoms with E-state index in [1.807, 2.05) is 18.2 Å². The predicted octanol–water partition coefficient (Wildman–Crippen LogP) is 4.09. The molecule has 0 radical (unpaired) electrons. The molecule has 0 nitrogen and oxygen atoms in total. The van der Waals surface area contributed by atoms with Crippen LogP contribution in [0.4, 0.5) is 0 Å². The third kappa shape index (κ3) is 2.46. The first kappa shape index (κ1) is 10.5. The highest BCUT2D eigenvalue weighted by molar-refractivity contribution is 5.59. The summed E-state index contributed by atoms with van der Waals surface area (Å²) in [7, 11) is 0. The van der Waals surface area contributed by atoms with Crippen molar-refractivity contribution in [2.24, 2.45) is 0 Å². The molecule has 0 saturated carbocycles. The van der Waals surface area contributed by atoms with Gasteiger partial charge in [-0.1, -0.05) is 43.5 Å². The van der Waals surface area contributed by atoms with Crippen molar-refractivity contribution < 1.29 is 0 Å². The maximum absolute atomic E-state index is 3.81. The molecule has 72 valence electrons. The monoisotopic (exact) mass is 184 g/mol. The summed E-state index contributed by atoms with van der Waals surface area (Å²) < 4.78 is 0. The highest BCUT2D eigenvalue weighted by Crippen LogP contribution is 2.16. The van der Waals surface area contributed by atoms with Crippen LogP contribution in [0.3, 0.4) is 0 Å². The van der Waals surface area contributed by atoms with Gasteiger partial charge >= 0.3 is 0 Å². The van der Waals surface area contributed by atoms with Gasteiger partial charge in [-0.25, -0.2) is 0 Å². The Morgan fingerprint density at radius 1 is 1.07 bits per heavy atom. The lowest BCUT2D eigenvalue weighted by Crippen LogP contribution is -1.89. The lowest BCUT2D eigenvalue weighted by Gasteiger charge is -2.05. The maximum Gasteiger partial charge on any atom is -0.0224 e. The predicted molar refractivity (Wildman–Crippen MR) is 65.1 cm³/mol.